The number of ether oxygens (including phenoxy) is 1. The van der Waals surface area contributed by atoms with Crippen LogP contribution in [0.4, 0.5) is 0 Å². The summed E-state index contributed by atoms with van der Waals surface area (Å²) in [5.74, 6) is -1.21. The average Bonchev–Trinajstić information content (AvgIpc) is 3.45. The van der Waals surface area contributed by atoms with E-state index in [0.29, 0.717) is 10.6 Å². The van der Waals surface area contributed by atoms with Gasteiger partial charge in [0.15, 0.2) is 0 Å². The van der Waals surface area contributed by atoms with Crippen molar-refractivity contribution in [3.63, 3.8) is 0 Å². The maximum atomic E-state index is 13.5. The number of hydrogen-bond acceptors (Lipinski definition) is 7. The molecule has 7 nitrogen and oxygen atoms in total. The van der Waals surface area contributed by atoms with Crippen LogP contribution < -0.4 is 0 Å². The first-order valence-electron chi connectivity index (χ1n) is 13.5. The molecule has 5 rings (SSSR count). The maximum absolute atomic E-state index is 13.5. The molecule has 0 aliphatic heterocycles. The smallest absolute Gasteiger partial charge is 0.393 e. The van der Waals surface area contributed by atoms with Crippen molar-refractivity contribution in [3.8, 4) is 16.9 Å². The van der Waals surface area contributed by atoms with E-state index < -0.39 is 18.0 Å². The van der Waals surface area contributed by atoms with E-state index in [4.69, 9.17) is 25.6 Å². The summed E-state index contributed by atoms with van der Waals surface area (Å²) in [5, 5.41) is 12.4. The molecule has 4 aromatic carbocycles. The second-order valence-corrected chi connectivity index (χ2v) is 10.3. The van der Waals surface area contributed by atoms with E-state index >= 15 is 0 Å². The van der Waals surface area contributed by atoms with Crippen molar-refractivity contribution < 1.29 is 28.7 Å². The molecule has 0 aliphatic rings. The molecule has 8 heteroatoms. The van der Waals surface area contributed by atoms with Crippen LogP contribution >= 0.6 is 11.6 Å². The summed E-state index contributed by atoms with van der Waals surface area (Å²) in [5.41, 5.74) is 5.14. The zero-order chi connectivity index (χ0) is 29.6. The molecule has 0 amide bonds. The first-order valence-corrected chi connectivity index (χ1v) is 13.9. The summed E-state index contributed by atoms with van der Waals surface area (Å²) in [6, 6.07) is 28.1. The number of aryl methyl sites for hydroxylation is 1. The number of esters is 1. The van der Waals surface area contributed by atoms with Gasteiger partial charge in [0.1, 0.15) is 17.4 Å². The number of carbonyl (C=O) groups is 2. The van der Waals surface area contributed by atoms with Gasteiger partial charge in [-0.25, -0.2) is 4.79 Å². The molecule has 0 aliphatic carbocycles. The number of carbonyl (C=O) groups excluding carboxylic acids is 2. The van der Waals surface area contributed by atoms with Crippen molar-refractivity contribution in [2.45, 2.75) is 32.4 Å². The SMILES string of the molecule is CCc1ccc(CN(OC(=O)c2cc3ccc(-c4ccc(Cl)cc4)cc3o2)[C@@H](Cc2ccc(O)cc2)C(=O)OC)cc1. The highest BCUT2D eigenvalue weighted by molar-refractivity contribution is 6.30. The summed E-state index contributed by atoms with van der Waals surface area (Å²) in [6.07, 6.45) is 1.06. The lowest BCUT2D eigenvalue weighted by molar-refractivity contribution is -0.178. The van der Waals surface area contributed by atoms with Crippen LogP contribution in [0.2, 0.25) is 5.02 Å². The van der Waals surface area contributed by atoms with Crippen LogP contribution in [0.15, 0.2) is 101 Å². The van der Waals surface area contributed by atoms with Gasteiger partial charge in [0.25, 0.3) is 0 Å². The van der Waals surface area contributed by atoms with E-state index in [0.717, 1.165) is 39.6 Å². The van der Waals surface area contributed by atoms with Crippen LogP contribution in [0, 0.1) is 0 Å². The molecule has 1 N–H and O–H groups in total. The van der Waals surface area contributed by atoms with Crippen molar-refractivity contribution in [2.24, 2.45) is 0 Å². The fraction of sp³-hybridized carbons (Fsp3) is 0.176. The second kappa shape index (κ2) is 12.9. The number of furan rings is 1. The van der Waals surface area contributed by atoms with Crippen LogP contribution in [-0.2, 0) is 33.8 Å². The third-order valence-corrected chi connectivity index (χ3v) is 7.31. The lowest BCUT2D eigenvalue weighted by atomic mass is 10.0. The van der Waals surface area contributed by atoms with Crippen molar-refractivity contribution in [2.75, 3.05) is 7.11 Å². The van der Waals surface area contributed by atoms with E-state index in [1.54, 1.807) is 18.2 Å². The number of benzene rings is 4. The minimum Gasteiger partial charge on any atom is -0.508 e. The Morgan fingerprint density at radius 1 is 0.857 bits per heavy atom. The topological polar surface area (TPSA) is 89.2 Å². The van der Waals surface area contributed by atoms with Crippen LogP contribution in [0.3, 0.4) is 0 Å². The summed E-state index contributed by atoms with van der Waals surface area (Å²) >= 11 is 6.03. The zero-order valence-electron chi connectivity index (χ0n) is 23.2. The molecule has 0 saturated heterocycles. The number of aromatic hydroxyl groups is 1. The van der Waals surface area contributed by atoms with E-state index in [9.17, 15) is 14.7 Å². The van der Waals surface area contributed by atoms with E-state index in [1.165, 1.54) is 24.3 Å². The lowest BCUT2D eigenvalue weighted by Gasteiger charge is -2.28. The second-order valence-electron chi connectivity index (χ2n) is 9.90. The Morgan fingerprint density at radius 2 is 1.50 bits per heavy atom. The number of rotatable bonds is 10. The van der Waals surface area contributed by atoms with Gasteiger partial charge >= 0.3 is 11.9 Å². The Hall–Kier alpha value is -4.59. The normalized spacial score (nSPS) is 11.9. The average molecular weight is 584 g/mol. The monoisotopic (exact) mass is 583 g/mol. The number of hydroxylamine groups is 2. The fourth-order valence-corrected chi connectivity index (χ4v) is 4.79. The Balaban J connectivity index is 1.44. The Labute approximate surface area is 248 Å². The highest BCUT2D eigenvalue weighted by Gasteiger charge is 2.32. The van der Waals surface area contributed by atoms with Crippen molar-refractivity contribution >= 4 is 34.5 Å². The summed E-state index contributed by atoms with van der Waals surface area (Å²) in [4.78, 5) is 32.4. The van der Waals surface area contributed by atoms with E-state index in [1.807, 2.05) is 66.7 Å². The quantitative estimate of drug-likeness (QED) is 0.135. The van der Waals surface area contributed by atoms with Gasteiger partial charge in [-0.1, -0.05) is 79.2 Å². The van der Waals surface area contributed by atoms with Gasteiger partial charge in [-0.05, 0) is 70.6 Å². The lowest BCUT2D eigenvalue weighted by Crippen LogP contribution is -2.44. The number of phenols is 1. The standard InChI is InChI=1S/C34H30ClNO6/c1-3-22-4-6-24(7-5-22)21-36(30(33(38)40-2)18-23-8-16-29(37)17-9-23)42-34(39)32-20-27-11-10-26(19-31(27)41-32)25-12-14-28(35)15-13-25/h4-17,19-20,30,37H,3,18,21H2,1-2H3/t30-/m0/s1. The van der Waals surface area contributed by atoms with Gasteiger partial charge in [0, 0.05) is 16.8 Å². The highest BCUT2D eigenvalue weighted by Crippen LogP contribution is 2.28. The minimum atomic E-state index is -0.963. The molecule has 1 atom stereocenters. The summed E-state index contributed by atoms with van der Waals surface area (Å²) < 4.78 is 11.0. The third kappa shape index (κ3) is 6.82. The first kappa shape index (κ1) is 28.9. The van der Waals surface area contributed by atoms with Gasteiger partial charge in [0.05, 0.1) is 13.7 Å². The molecule has 0 spiro atoms. The third-order valence-electron chi connectivity index (χ3n) is 7.05. The Kier molecular flexibility index (Phi) is 8.91. The minimum absolute atomic E-state index is 0.00200. The Morgan fingerprint density at radius 3 is 2.17 bits per heavy atom. The molecule has 1 aromatic heterocycles. The maximum Gasteiger partial charge on any atom is 0.393 e. The van der Waals surface area contributed by atoms with Gasteiger partial charge in [0.2, 0.25) is 5.76 Å². The predicted octanol–water partition coefficient (Wildman–Crippen LogP) is 7.38. The number of fused-ring (bicyclic) bond motifs is 1. The molecule has 0 unspecified atom stereocenters. The summed E-state index contributed by atoms with van der Waals surface area (Å²) in [7, 11) is 1.29. The van der Waals surface area contributed by atoms with Gasteiger partial charge in [-0.2, -0.15) is 0 Å². The molecule has 214 valence electrons. The van der Waals surface area contributed by atoms with Crippen molar-refractivity contribution in [1.29, 1.82) is 0 Å². The molecular weight excluding hydrogens is 554 g/mol. The van der Waals surface area contributed by atoms with Crippen LogP contribution in [-0.4, -0.2) is 35.3 Å². The number of phenolic OH excluding ortho intramolecular Hbond substituents is 1. The molecule has 42 heavy (non-hydrogen) atoms. The molecule has 1 heterocycles. The molecule has 0 radical (unpaired) electrons. The van der Waals surface area contributed by atoms with Crippen LogP contribution in [0.5, 0.6) is 5.75 Å². The number of nitrogens with zero attached hydrogens (tertiary/aromatic N) is 1. The zero-order valence-corrected chi connectivity index (χ0v) is 24.0. The van der Waals surface area contributed by atoms with Crippen molar-refractivity contribution in [3.05, 3.63) is 125 Å². The van der Waals surface area contributed by atoms with Gasteiger partial charge < -0.3 is 19.1 Å². The van der Waals surface area contributed by atoms with E-state index in [-0.39, 0.29) is 24.5 Å². The number of hydrogen-bond donors (Lipinski definition) is 1. The molecule has 0 bridgehead atoms. The molecule has 5 aromatic rings. The van der Waals surface area contributed by atoms with Crippen molar-refractivity contribution in [1.82, 2.24) is 5.06 Å². The number of methoxy groups -OCH3 is 1. The highest BCUT2D eigenvalue weighted by atomic mass is 35.5. The molecule has 0 saturated carbocycles. The predicted molar refractivity (Wildman–Crippen MR) is 161 cm³/mol. The van der Waals surface area contributed by atoms with Crippen LogP contribution in [0.25, 0.3) is 22.1 Å². The molecule has 0 fully saturated rings. The van der Waals surface area contributed by atoms with Gasteiger partial charge in [-0.15, -0.1) is 5.06 Å². The fourth-order valence-electron chi connectivity index (χ4n) is 4.67. The number of halogens is 1. The Bertz CT molecular complexity index is 1680. The van der Waals surface area contributed by atoms with Crippen LogP contribution in [0.1, 0.15) is 34.2 Å². The first-order chi connectivity index (χ1) is 20.3. The van der Waals surface area contributed by atoms with Gasteiger partial charge in [-0.3, -0.25) is 4.79 Å². The molecular formula is C34H30ClNO6. The summed E-state index contributed by atoms with van der Waals surface area (Å²) in [6.45, 7) is 2.20. The largest absolute Gasteiger partial charge is 0.508 e. The van der Waals surface area contributed by atoms with E-state index in [2.05, 4.69) is 6.92 Å².